The van der Waals surface area contributed by atoms with Gasteiger partial charge in [0.2, 0.25) is 5.91 Å². The first kappa shape index (κ1) is 16.5. The van der Waals surface area contributed by atoms with E-state index in [2.05, 4.69) is 5.32 Å². The SMILES string of the molecule is Cc1ccc(NC(=O)C(C)N2C[C@@H](C)[C@H](C(=O)O)C2)cc1C. The topological polar surface area (TPSA) is 69.6 Å². The van der Waals surface area contributed by atoms with Crippen molar-refractivity contribution in [2.75, 3.05) is 18.4 Å². The minimum absolute atomic E-state index is 0.0642. The minimum atomic E-state index is -0.781. The molecular formula is C17H24N2O3. The molecular weight excluding hydrogens is 280 g/mol. The Morgan fingerprint density at radius 1 is 1.27 bits per heavy atom. The van der Waals surface area contributed by atoms with Gasteiger partial charge in [0.1, 0.15) is 0 Å². The van der Waals surface area contributed by atoms with Crippen molar-refractivity contribution in [3.05, 3.63) is 29.3 Å². The van der Waals surface area contributed by atoms with Gasteiger partial charge in [-0.2, -0.15) is 0 Å². The van der Waals surface area contributed by atoms with Crippen molar-refractivity contribution in [1.82, 2.24) is 4.90 Å². The molecule has 22 heavy (non-hydrogen) atoms. The van der Waals surface area contributed by atoms with Gasteiger partial charge in [0, 0.05) is 18.8 Å². The van der Waals surface area contributed by atoms with E-state index < -0.39 is 11.9 Å². The van der Waals surface area contributed by atoms with Crippen LogP contribution in [-0.4, -0.2) is 41.0 Å². The number of rotatable bonds is 4. The highest BCUT2D eigenvalue weighted by Crippen LogP contribution is 2.25. The zero-order valence-electron chi connectivity index (χ0n) is 13.6. The van der Waals surface area contributed by atoms with Crippen molar-refractivity contribution in [3.63, 3.8) is 0 Å². The second kappa shape index (κ2) is 6.48. The van der Waals surface area contributed by atoms with Crippen LogP contribution in [0.25, 0.3) is 0 Å². The van der Waals surface area contributed by atoms with Crippen LogP contribution in [-0.2, 0) is 9.59 Å². The lowest BCUT2D eigenvalue weighted by Crippen LogP contribution is -2.41. The van der Waals surface area contributed by atoms with Crippen molar-refractivity contribution < 1.29 is 14.7 Å². The number of anilines is 1. The number of hydrogen-bond acceptors (Lipinski definition) is 3. The van der Waals surface area contributed by atoms with E-state index in [4.69, 9.17) is 0 Å². The van der Waals surface area contributed by atoms with Crippen LogP contribution < -0.4 is 5.32 Å². The van der Waals surface area contributed by atoms with E-state index >= 15 is 0 Å². The van der Waals surface area contributed by atoms with Crippen LogP contribution in [0, 0.1) is 25.7 Å². The van der Waals surface area contributed by atoms with Gasteiger partial charge in [-0.05, 0) is 49.9 Å². The summed E-state index contributed by atoms with van der Waals surface area (Å²) in [6, 6.07) is 5.48. The van der Waals surface area contributed by atoms with Crippen molar-refractivity contribution in [2.45, 2.75) is 33.7 Å². The number of amides is 1. The molecule has 1 heterocycles. The fourth-order valence-electron chi connectivity index (χ4n) is 2.87. The third-order valence-electron chi connectivity index (χ3n) is 4.66. The van der Waals surface area contributed by atoms with E-state index in [0.717, 1.165) is 11.3 Å². The summed E-state index contributed by atoms with van der Waals surface area (Å²) in [6.07, 6.45) is 0. The summed E-state index contributed by atoms with van der Waals surface area (Å²) in [5.41, 5.74) is 3.09. The average molecular weight is 304 g/mol. The molecule has 0 spiro atoms. The van der Waals surface area contributed by atoms with Gasteiger partial charge in [0.15, 0.2) is 0 Å². The van der Waals surface area contributed by atoms with Crippen molar-refractivity contribution in [2.24, 2.45) is 11.8 Å². The summed E-state index contributed by atoms with van der Waals surface area (Å²) in [7, 11) is 0. The Hall–Kier alpha value is -1.88. The molecule has 0 bridgehead atoms. The summed E-state index contributed by atoms with van der Waals surface area (Å²) in [6.45, 7) is 8.85. The molecule has 120 valence electrons. The number of carbonyl (C=O) groups excluding carboxylic acids is 1. The van der Waals surface area contributed by atoms with E-state index in [9.17, 15) is 14.7 Å². The van der Waals surface area contributed by atoms with E-state index in [0.29, 0.717) is 13.1 Å². The molecule has 0 aliphatic carbocycles. The summed E-state index contributed by atoms with van der Waals surface area (Å²) >= 11 is 0. The lowest BCUT2D eigenvalue weighted by atomic mass is 9.99. The highest BCUT2D eigenvalue weighted by molar-refractivity contribution is 5.94. The van der Waals surface area contributed by atoms with Gasteiger partial charge >= 0.3 is 5.97 Å². The molecule has 5 heteroatoms. The predicted octanol–water partition coefficient (Wildman–Crippen LogP) is 2.28. The largest absolute Gasteiger partial charge is 0.481 e. The highest BCUT2D eigenvalue weighted by Gasteiger charge is 2.38. The number of hydrogen-bond donors (Lipinski definition) is 2. The van der Waals surface area contributed by atoms with Crippen LogP contribution in [0.4, 0.5) is 5.69 Å². The van der Waals surface area contributed by atoms with Crippen LogP contribution >= 0.6 is 0 Å². The van der Waals surface area contributed by atoms with Crippen molar-refractivity contribution >= 4 is 17.6 Å². The standard InChI is InChI=1S/C17H24N2O3/c1-10-5-6-14(7-11(10)2)18-16(20)13(4)19-8-12(3)15(9-19)17(21)22/h5-7,12-13,15H,8-9H2,1-4H3,(H,18,20)(H,21,22)/t12-,13?,15-/m1/s1. The maximum atomic E-state index is 12.4. The van der Waals surface area contributed by atoms with Gasteiger partial charge in [-0.3, -0.25) is 14.5 Å². The second-order valence-electron chi connectivity index (χ2n) is 6.34. The average Bonchev–Trinajstić information content (AvgIpc) is 2.84. The van der Waals surface area contributed by atoms with Gasteiger partial charge in [-0.1, -0.05) is 13.0 Å². The summed E-state index contributed by atoms with van der Waals surface area (Å²) in [5.74, 6) is -1.20. The molecule has 0 aromatic heterocycles. The monoisotopic (exact) mass is 304 g/mol. The van der Waals surface area contributed by atoms with Crippen LogP contribution in [0.5, 0.6) is 0 Å². The van der Waals surface area contributed by atoms with Gasteiger partial charge in [0.25, 0.3) is 0 Å². The molecule has 1 amide bonds. The van der Waals surface area contributed by atoms with Gasteiger partial charge < -0.3 is 10.4 Å². The number of aryl methyl sites for hydroxylation is 2. The first-order valence-electron chi connectivity index (χ1n) is 7.64. The third kappa shape index (κ3) is 3.47. The molecule has 3 atom stereocenters. The summed E-state index contributed by atoms with van der Waals surface area (Å²) in [4.78, 5) is 25.5. The first-order chi connectivity index (χ1) is 10.3. The second-order valence-corrected chi connectivity index (χ2v) is 6.34. The smallest absolute Gasteiger partial charge is 0.308 e. The molecule has 2 N–H and O–H groups in total. The lowest BCUT2D eigenvalue weighted by Gasteiger charge is -2.23. The fourth-order valence-corrected chi connectivity index (χ4v) is 2.87. The number of benzene rings is 1. The van der Waals surface area contributed by atoms with E-state index in [1.165, 1.54) is 5.56 Å². The van der Waals surface area contributed by atoms with Crippen LogP contribution in [0.3, 0.4) is 0 Å². The Balaban J connectivity index is 2.00. The zero-order valence-corrected chi connectivity index (χ0v) is 13.6. The maximum absolute atomic E-state index is 12.4. The summed E-state index contributed by atoms with van der Waals surface area (Å²) in [5, 5.41) is 12.1. The number of carbonyl (C=O) groups is 2. The quantitative estimate of drug-likeness (QED) is 0.895. The first-order valence-corrected chi connectivity index (χ1v) is 7.64. The molecule has 1 aliphatic heterocycles. The lowest BCUT2D eigenvalue weighted by molar-refractivity contribution is -0.142. The molecule has 1 unspecified atom stereocenters. The molecule has 1 aromatic rings. The Labute approximate surface area is 131 Å². The van der Waals surface area contributed by atoms with E-state index in [1.807, 2.05) is 50.8 Å². The number of nitrogens with one attached hydrogen (secondary N) is 1. The fraction of sp³-hybridized carbons (Fsp3) is 0.529. The van der Waals surface area contributed by atoms with Gasteiger partial charge in [-0.15, -0.1) is 0 Å². The number of carboxylic acid groups (broad SMARTS) is 1. The third-order valence-corrected chi connectivity index (χ3v) is 4.66. The van der Waals surface area contributed by atoms with Crippen molar-refractivity contribution in [1.29, 1.82) is 0 Å². The summed E-state index contributed by atoms with van der Waals surface area (Å²) < 4.78 is 0. The van der Waals surface area contributed by atoms with Crippen LogP contribution in [0.15, 0.2) is 18.2 Å². The minimum Gasteiger partial charge on any atom is -0.481 e. The van der Waals surface area contributed by atoms with Crippen LogP contribution in [0.2, 0.25) is 0 Å². The molecule has 5 nitrogen and oxygen atoms in total. The molecule has 1 aliphatic rings. The zero-order chi connectivity index (χ0) is 16.4. The number of carboxylic acids is 1. The molecule has 0 saturated carbocycles. The Morgan fingerprint density at radius 2 is 1.95 bits per heavy atom. The van der Waals surface area contributed by atoms with Gasteiger partial charge in [0.05, 0.1) is 12.0 Å². The Kier molecular flexibility index (Phi) is 4.86. The van der Waals surface area contributed by atoms with E-state index in [1.54, 1.807) is 0 Å². The Morgan fingerprint density at radius 3 is 2.50 bits per heavy atom. The number of nitrogens with zero attached hydrogens (tertiary/aromatic N) is 1. The molecule has 0 radical (unpaired) electrons. The molecule has 1 aromatic carbocycles. The molecule has 2 rings (SSSR count). The molecule has 1 fully saturated rings. The molecule has 1 saturated heterocycles. The van der Waals surface area contributed by atoms with Gasteiger partial charge in [-0.25, -0.2) is 0 Å². The van der Waals surface area contributed by atoms with Crippen LogP contribution in [0.1, 0.15) is 25.0 Å². The number of likely N-dealkylation sites (tertiary alicyclic amines) is 1. The number of aliphatic carboxylic acids is 1. The van der Waals surface area contributed by atoms with Crippen molar-refractivity contribution in [3.8, 4) is 0 Å². The normalized spacial score (nSPS) is 23.3. The maximum Gasteiger partial charge on any atom is 0.308 e. The highest BCUT2D eigenvalue weighted by atomic mass is 16.4. The van der Waals surface area contributed by atoms with E-state index in [-0.39, 0.29) is 17.9 Å². The Bertz CT molecular complexity index is 585. The predicted molar refractivity (Wildman–Crippen MR) is 85.9 cm³/mol.